The molecule has 130 valence electrons. The zero-order chi connectivity index (χ0) is 18.1. The third kappa shape index (κ3) is 2.81. The first-order valence-corrected chi connectivity index (χ1v) is 8.15. The number of nitrogens with zero attached hydrogens (tertiary/aromatic N) is 6. The molecular formula is C18H17N7O. The van der Waals surface area contributed by atoms with Gasteiger partial charge in [0.25, 0.3) is 0 Å². The van der Waals surface area contributed by atoms with Crippen molar-refractivity contribution in [3.63, 3.8) is 0 Å². The van der Waals surface area contributed by atoms with Crippen LogP contribution in [0, 0.1) is 0 Å². The zero-order valence-corrected chi connectivity index (χ0v) is 14.4. The van der Waals surface area contributed by atoms with Crippen molar-refractivity contribution >= 4 is 16.9 Å². The van der Waals surface area contributed by atoms with Crippen LogP contribution in [0.1, 0.15) is 5.82 Å². The number of amides is 1. The molecule has 4 aromatic rings. The molecule has 0 saturated carbocycles. The molecule has 0 aliphatic carbocycles. The number of hydrogen-bond acceptors (Lipinski definition) is 5. The Labute approximate surface area is 149 Å². The van der Waals surface area contributed by atoms with Crippen LogP contribution < -0.4 is 5.32 Å². The summed E-state index contributed by atoms with van der Waals surface area (Å²) < 4.78 is 3.62. The van der Waals surface area contributed by atoms with Gasteiger partial charge < -0.3 is 9.88 Å². The average molecular weight is 347 g/mol. The normalized spacial score (nSPS) is 11.0. The van der Waals surface area contributed by atoms with Gasteiger partial charge in [-0.25, -0.2) is 14.6 Å². The summed E-state index contributed by atoms with van der Waals surface area (Å²) in [4.78, 5) is 25.2. The van der Waals surface area contributed by atoms with Crippen LogP contribution in [0.2, 0.25) is 0 Å². The Balaban J connectivity index is 1.87. The minimum absolute atomic E-state index is 0.100. The maximum absolute atomic E-state index is 11.7. The molecule has 0 radical (unpaired) electrons. The molecule has 0 aliphatic heterocycles. The van der Waals surface area contributed by atoms with Gasteiger partial charge in [0.05, 0.1) is 18.3 Å². The molecule has 8 nitrogen and oxygen atoms in total. The number of pyridine rings is 2. The number of carbonyl (C=O) groups is 1. The molecule has 1 N–H and O–H groups in total. The van der Waals surface area contributed by atoms with Crippen LogP contribution in [-0.4, -0.2) is 42.3 Å². The molecule has 8 heteroatoms. The van der Waals surface area contributed by atoms with Crippen molar-refractivity contribution in [1.82, 2.24) is 34.6 Å². The second kappa shape index (κ2) is 6.40. The molecule has 0 spiro atoms. The summed E-state index contributed by atoms with van der Waals surface area (Å²) in [6, 6.07) is 9.62. The van der Waals surface area contributed by atoms with Crippen LogP contribution in [0.3, 0.4) is 0 Å². The van der Waals surface area contributed by atoms with E-state index >= 15 is 0 Å². The Bertz CT molecular complexity index is 1080. The third-order valence-corrected chi connectivity index (χ3v) is 4.09. The average Bonchev–Trinajstić information content (AvgIpc) is 3.26. The topological polar surface area (TPSA) is 90.5 Å². The van der Waals surface area contributed by atoms with E-state index < -0.39 is 0 Å². The Morgan fingerprint density at radius 1 is 1.19 bits per heavy atom. The lowest BCUT2D eigenvalue weighted by molar-refractivity contribution is -0.120. The fourth-order valence-electron chi connectivity index (χ4n) is 2.75. The highest BCUT2D eigenvalue weighted by atomic mass is 16.1. The van der Waals surface area contributed by atoms with E-state index in [1.165, 1.54) is 0 Å². The Morgan fingerprint density at radius 2 is 2.08 bits per heavy atom. The molecule has 4 rings (SSSR count). The minimum Gasteiger partial charge on any atom is -0.359 e. The van der Waals surface area contributed by atoms with Crippen LogP contribution in [0.15, 0.2) is 48.9 Å². The number of aryl methyl sites for hydroxylation is 1. The van der Waals surface area contributed by atoms with Gasteiger partial charge in [-0.15, -0.1) is 0 Å². The van der Waals surface area contributed by atoms with E-state index in [1.54, 1.807) is 24.1 Å². The van der Waals surface area contributed by atoms with Gasteiger partial charge in [-0.05, 0) is 30.3 Å². The van der Waals surface area contributed by atoms with Gasteiger partial charge in [-0.2, -0.15) is 5.10 Å². The molecule has 0 fully saturated rings. The highest BCUT2D eigenvalue weighted by Crippen LogP contribution is 2.22. The first-order chi connectivity index (χ1) is 12.7. The van der Waals surface area contributed by atoms with Crippen molar-refractivity contribution in [3.8, 4) is 17.2 Å². The van der Waals surface area contributed by atoms with E-state index in [-0.39, 0.29) is 12.3 Å². The van der Waals surface area contributed by atoms with Crippen LogP contribution in [0.4, 0.5) is 0 Å². The quantitative estimate of drug-likeness (QED) is 0.604. The van der Waals surface area contributed by atoms with E-state index in [2.05, 4.69) is 20.4 Å². The zero-order valence-electron chi connectivity index (χ0n) is 14.4. The second-order valence-electron chi connectivity index (χ2n) is 5.86. The number of carbonyl (C=O) groups excluding carboxylic acids is 1. The number of rotatable bonds is 4. The molecule has 0 unspecified atom stereocenters. The summed E-state index contributed by atoms with van der Waals surface area (Å²) >= 11 is 0. The monoisotopic (exact) mass is 347 g/mol. The van der Waals surface area contributed by atoms with Crippen molar-refractivity contribution in [2.75, 3.05) is 7.05 Å². The van der Waals surface area contributed by atoms with Crippen LogP contribution >= 0.6 is 0 Å². The Morgan fingerprint density at radius 3 is 2.85 bits per heavy atom. The van der Waals surface area contributed by atoms with E-state index in [0.29, 0.717) is 17.3 Å². The Hall–Kier alpha value is -3.55. The molecular weight excluding hydrogens is 330 g/mol. The van der Waals surface area contributed by atoms with E-state index in [1.807, 2.05) is 48.1 Å². The smallest absolute Gasteiger partial charge is 0.227 e. The van der Waals surface area contributed by atoms with Crippen LogP contribution in [-0.2, 0) is 18.3 Å². The second-order valence-corrected chi connectivity index (χ2v) is 5.86. The van der Waals surface area contributed by atoms with E-state index in [9.17, 15) is 4.79 Å². The first kappa shape index (κ1) is 15.9. The number of nitrogens with one attached hydrogen (secondary N) is 1. The minimum atomic E-state index is -0.147. The number of fused-ring (bicyclic) bond motifs is 1. The molecule has 26 heavy (non-hydrogen) atoms. The molecule has 4 aromatic heterocycles. The van der Waals surface area contributed by atoms with Crippen molar-refractivity contribution in [2.45, 2.75) is 6.42 Å². The summed E-state index contributed by atoms with van der Waals surface area (Å²) in [5.41, 5.74) is 2.29. The van der Waals surface area contributed by atoms with Crippen molar-refractivity contribution in [3.05, 3.63) is 54.7 Å². The Kier molecular flexibility index (Phi) is 3.92. The molecule has 0 bridgehead atoms. The highest BCUT2D eigenvalue weighted by molar-refractivity contribution is 5.79. The van der Waals surface area contributed by atoms with Crippen molar-refractivity contribution in [1.29, 1.82) is 0 Å². The standard InChI is InChI=1S/C18H17N7O/c1-19-16(26)10-15-22-18(25(23-15)13-4-3-8-20-11-13)14-6-5-12-7-9-24(2)17(12)21-14/h3-9,11H,10H2,1-2H3,(H,19,26). The third-order valence-electron chi connectivity index (χ3n) is 4.09. The lowest BCUT2D eigenvalue weighted by atomic mass is 10.2. The number of aromatic nitrogens is 6. The first-order valence-electron chi connectivity index (χ1n) is 8.15. The molecule has 1 amide bonds. The summed E-state index contributed by atoms with van der Waals surface area (Å²) in [5, 5.41) is 8.13. The lowest BCUT2D eigenvalue weighted by Crippen LogP contribution is -2.20. The summed E-state index contributed by atoms with van der Waals surface area (Å²) in [7, 11) is 3.54. The maximum atomic E-state index is 11.7. The predicted octanol–water partition coefficient (Wildman–Crippen LogP) is 1.50. The van der Waals surface area contributed by atoms with Crippen LogP contribution in [0.25, 0.3) is 28.2 Å². The highest BCUT2D eigenvalue weighted by Gasteiger charge is 2.17. The van der Waals surface area contributed by atoms with E-state index in [4.69, 9.17) is 4.98 Å². The number of hydrogen-bond donors (Lipinski definition) is 1. The molecule has 0 saturated heterocycles. The van der Waals surface area contributed by atoms with Gasteiger partial charge in [0.2, 0.25) is 5.91 Å². The van der Waals surface area contributed by atoms with Crippen molar-refractivity contribution < 1.29 is 4.79 Å². The van der Waals surface area contributed by atoms with E-state index in [0.717, 1.165) is 16.7 Å². The molecule has 0 aliphatic rings. The summed E-state index contributed by atoms with van der Waals surface area (Å²) in [5.74, 6) is 0.850. The van der Waals surface area contributed by atoms with Gasteiger partial charge in [0.1, 0.15) is 11.3 Å². The lowest BCUT2D eigenvalue weighted by Gasteiger charge is -2.05. The van der Waals surface area contributed by atoms with Crippen LogP contribution in [0.5, 0.6) is 0 Å². The van der Waals surface area contributed by atoms with Gasteiger partial charge in [0, 0.05) is 31.9 Å². The molecule has 4 heterocycles. The van der Waals surface area contributed by atoms with Crippen molar-refractivity contribution in [2.24, 2.45) is 7.05 Å². The molecule has 0 atom stereocenters. The predicted molar refractivity (Wildman–Crippen MR) is 96.6 cm³/mol. The molecule has 0 aromatic carbocycles. The fraction of sp³-hybridized carbons (Fsp3) is 0.167. The van der Waals surface area contributed by atoms with Gasteiger partial charge in [-0.1, -0.05) is 0 Å². The SMILES string of the molecule is CNC(=O)Cc1nc(-c2ccc3ccn(C)c3n2)n(-c2cccnc2)n1. The maximum Gasteiger partial charge on any atom is 0.227 e. The van der Waals surface area contributed by atoms with Gasteiger partial charge >= 0.3 is 0 Å². The summed E-state index contributed by atoms with van der Waals surface area (Å²) in [6.45, 7) is 0. The summed E-state index contributed by atoms with van der Waals surface area (Å²) in [6.07, 6.45) is 5.45. The number of likely N-dealkylation sites (N-methyl/N-ethyl adjacent to an activating group) is 1. The van der Waals surface area contributed by atoms with Gasteiger partial charge in [-0.3, -0.25) is 9.78 Å². The fourth-order valence-corrected chi connectivity index (χ4v) is 2.75. The largest absolute Gasteiger partial charge is 0.359 e. The van der Waals surface area contributed by atoms with Gasteiger partial charge in [0.15, 0.2) is 11.6 Å².